The Kier molecular flexibility index (Phi) is 4.79. The van der Waals surface area contributed by atoms with E-state index in [1.807, 2.05) is 23.1 Å². The summed E-state index contributed by atoms with van der Waals surface area (Å²) in [6, 6.07) is 14.1. The van der Waals surface area contributed by atoms with Crippen molar-refractivity contribution in [3.05, 3.63) is 53.7 Å². The van der Waals surface area contributed by atoms with Crippen molar-refractivity contribution in [2.24, 2.45) is 5.73 Å². The van der Waals surface area contributed by atoms with Gasteiger partial charge in [0, 0.05) is 36.3 Å². The van der Waals surface area contributed by atoms with Gasteiger partial charge in [0.2, 0.25) is 5.91 Å². The summed E-state index contributed by atoms with van der Waals surface area (Å²) in [6.45, 7) is 2.98. The average Bonchev–Trinajstić information content (AvgIpc) is 3.03. The number of halogens is 1. The fourth-order valence-corrected chi connectivity index (χ4v) is 3.43. The number of hydrogen-bond donors (Lipinski definition) is 2. The maximum atomic E-state index is 12.3. The molecule has 1 aliphatic rings. The van der Waals surface area contributed by atoms with Crippen LogP contribution in [-0.2, 0) is 17.8 Å². The van der Waals surface area contributed by atoms with Crippen molar-refractivity contribution >= 4 is 29.1 Å². The molecule has 0 saturated carbocycles. The largest absolute Gasteiger partial charge is 0.336 e. The molecule has 0 fully saturated rings. The van der Waals surface area contributed by atoms with E-state index < -0.39 is 6.04 Å². The smallest absolute Gasteiger partial charge is 0.239 e. The Morgan fingerprint density at radius 1 is 1.24 bits per heavy atom. The molecular weight excluding hydrogens is 336 g/mol. The van der Waals surface area contributed by atoms with Gasteiger partial charge in [-0.25, -0.2) is 0 Å². The number of carbonyl (C=O) groups is 1. The van der Waals surface area contributed by atoms with Crippen molar-refractivity contribution in [3.8, 4) is 11.3 Å². The summed E-state index contributed by atoms with van der Waals surface area (Å²) in [7, 11) is 0. The highest BCUT2D eigenvalue weighted by Gasteiger charge is 2.27. The third-order valence-electron chi connectivity index (χ3n) is 4.68. The topological polar surface area (TPSA) is 75.0 Å². The van der Waals surface area contributed by atoms with Gasteiger partial charge in [-0.1, -0.05) is 42.5 Å². The van der Waals surface area contributed by atoms with Crippen LogP contribution in [0, 0.1) is 0 Å². The third kappa shape index (κ3) is 3.01. The first-order chi connectivity index (χ1) is 11.6. The van der Waals surface area contributed by atoms with Crippen LogP contribution < -0.4 is 5.73 Å². The second-order valence-electron chi connectivity index (χ2n) is 6.35. The van der Waals surface area contributed by atoms with Crippen LogP contribution in [0.4, 0.5) is 0 Å². The molecule has 1 aromatic heterocycles. The van der Waals surface area contributed by atoms with Gasteiger partial charge < -0.3 is 10.6 Å². The number of H-pyrrole nitrogens is 1. The molecule has 1 atom stereocenters. The van der Waals surface area contributed by atoms with Crippen LogP contribution in [0.3, 0.4) is 0 Å². The molecular formula is C19H21ClN4O. The molecule has 0 saturated heterocycles. The number of carbonyl (C=O) groups excluding carboxylic acids is 1. The van der Waals surface area contributed by atoms with Gasteiger partial charge in [0.15, 0.2) is 0 Å². The number of hydrogen-bond acceptors (Lipinski definition) is 3. The minimum atomic E-state index is -0.473. The Labute approximate surface area is 152 Å². The number of benzene rings is 2. The van der Waals surface area contributed by atoms with Crippen molar-refractivity contribution in [3.63, 3.8) is 0 Å². The standard InChI is InChI=1S/C19H20N4O.ClH/c1-12(20)19(24)23-10-9-17-16(11-23)18(22-21-17)15-8-4-6-13-5-2-3-7-14(13)15;/h2-8,12H,9-11,20H2,1H3,(H,21,22);1H/t12-;/m1./s1. The van der Waals surface area contributed by atoms with E-state index in [1.165, 1.54) is 10.8 Å². The van der Waals surface area contributed by atoms with Crippen LogP contribution >= 0.6 is 12.4 Å². The molecule has 0 radical (unpaired) electrons. The second kappa shape index (κ2) is 6.86. The number of amides is 1. The molecule has 0 spiro atoms. The van der Waals surface area contributed by atoms with E-state index >= 15 is 0 Å². The highest BCUT2D eigenvalue weighted by Crippen LogP contribution is 2.33. The molecule has 5 nitrogen and oxygen atoms in total. The first-order valence-corrected chi connectivity index (χ1v) is 8.24. The molecule has 1 amide bonds. The second-order valence-corrected chi connectivity index (χ2v) is 6.35. The van der Waals surface area contributed by atoms with Crippen molar-refractivity contribution in [1.82, 2.24) is 15.1 Å². The third-order valence-corrected chi connectivity index (χ3v) is 4.68. The zero-order valence-electron chi connectivity index (χ0n) is 14.0. The molecule has 3 aromatic rings. The molecule has 3 N–H and O–H groups in total. The average molecular weight is 357 g/mol. The summed E-state index contributed by atoms with van der Waals surface area (Å²) in [5, 5.41) is 10.1. The quantitative estimate of drug-likeness (QED) is 0.741. The van der Waals surface area contributed by atoms with Gasteiger partial charge in [-0.2, -0.15) is 5.10 Å². The van der Waals surface area contributed by atoms with E-state index in [0.717, 1.165) is 28.9 Å². The van der Waals surface area contributed by atoms with Crippen molar-refractivity contribution < 1.29 is 4.79 Å². The molecule has 2 aromatic carbocycles. The number of nitrogens with two attached hydrogens (primary N) is 1. The molecule has 6 heteroatoms. The number of rotatable bonds is 2. The van der Waals surface area contributed by atoms with Gasteiger partial charge in [0.25, 0.3) is 0 Å². The maximum Gasteiger partial charge on any atom is 0.239 e. The van der Waals surface area contributed by atoms with Gasteiger partial charge in [0.1, 0.15) is 0 Å². The van der Waals surface area contributed by atoms with Crippen LogP contribution in [0.2, 0.25) is 0 Å². The summed E-state index contributed by atoms with van der Waals surface area (Å²) in [5.41, 5.74) is 10.0. The number of aromatic amines is 1. The summed E-state index contributed by atoms with van der Waals surface area (Å²) < 4.78 is 0. The van der Waals surface area contributed by atoms with Crippen molar-refractivity contribution in [1.29, 1.82) is 0 Å². The monoisotopic (exact) mass is 356 g/mol. The van der Waals surface area contributed by atoms with E-state index in [9.17, 15) is 4.79 Å². The lowest BCUT2D eigenvalue weighted by molar-refractivity contribution is -0.133. The van der Waals surface area contributed by atoms with Gasteiger partial charge in [-0.15, -0.1) is 12.4 Å². The minimum absolute atomic E-state index is 0. The maximum absolute atomic E-state index is 12.3. The van der Waals surface area contributed by atoms with Gasteiger partial charge in [0.05, 0.1) is 11.7 Å². The van der Waals surface area contributed by atoms with E-state index in [0.29, 0.717) is 13.1 Å². The first-order valence-electron chi connectivity index (χ1n) is 8.24. The number of aromatic nitrogens is 2. The highest BCUT2D eigenvalue weighted by atomic mass is 35.5. The molecule has 25 heavy (non-hydrogen) atoms. The van der Waals surface area contributed by atoms with Crippen molar-refractivity contribution in [2.45, 2.75) is 25.9 Å². The molecule has 1 aliphatic heterocycles. The van der Waals surface area contributed by atoms with Crippen molar-refractivity contribution in [2.75, 3.05) is 6.54 Å². The van der Waals surface area contributed by atoms with Crippen LogP contribution in [0.25, 0.3) is 22.0 Å². The molecule has 0 unspecified atom stereocenters. The fraction of sp³-hybridized carbons (Fsp3) is 0.263. The van der Waals surface area contributed by atoms with Crippen LogP contribution in [0.1, 0.15) is 18.2 Å². The Balaban J connectivity index is 0.00000182. The Bertz CT molecular complexity index is 913. The Morgan fingerprint density at radius 2 is 2.00 bits per heavy atom. The predicted molar refractivity (Wildman–Crippen MR) is 102 cm³/mol. The van der Waals surface area contributed by atoms with E-state index in [4.69, 9.17) is 5.73 Å². The lowest BCUT2D eigenvalue weighted by Gasteiger charge is -2.28. The van der Waals surface area contributed by atoms with Gasteiger partial charge in [-0.3, -0.25) is 9.89 Å². The molecule has 0 aliphatic carbocycles. The zero-order chi connectivity index (χ0) is 16.7. The molecule has 130 valence electrons. The van der Waals surface area contributed by atoms with Gasteiger partial charge in [-0.05, 0) is 17.7 Å². The Hall–Kier alpha value is -2.37. The normalized spacial score (nSPS) is 14.7. The molecule has 0 bridgehead atoms. The summed E-state index contributed by atoms with van der Waals surface area (Å²) in [4.78, 5) is 14.1. The number of fused-ring (bicyclic) bond motifs is 2. The lowest BCUT2D eigenvalue weighted by Crippen LogP contribution is -2.44. The number of nitrogens with one attached hydrogen (secondary N) is 1. The first kappa shape index (κ1) is 17.5. The minimum Gasteiger partial charge on any atom is -0.336 e. The summed E-state index contributed by atoms with van der Waals surface area (Å²) in [6.07, 6.45) is 0.783. The van der Waals surface area contributed by atoms with Crippen LogP contribution in [0.5, 0.6) is 0 Å². The Morgan fingerprint density at radius 3 is 2.80 bits per heavy atom. The highest BCUT2D eigenvalue weighted by molar-refractivity contribution is 5.96. The van der Waals surface area contributed by atoms with Crippen LogP contribution in [0.15, 0.2) is 42.5 Å². The molecule has 2 heterocycles. The van der Waals surface area contributed by atoms with Gasteiger partial charge >= 0.3 is 0 Å². The fourth-order valence-electron chi connectivity index (χ4n) is 3.43. The lowest BCUT2D eigenvalue weighted by atomic mass is 9.96. The van der Waals surface area contributed by atoms with Crippen LogP contribution in [-0.4, -0.2) is 33.6 Å². The zero-order valence-corrected chi connectivity index (χ0v) is 14.8. The van der Waals surface area contributed by atoms with E-state index in [-0.39, 0.29) is 18.3 Å². The number of nitrogens with zero attached hydrogens (tertiary/aromatic N) is 2. The SMILES string of the molecule is C[C@@H](N)C(=O)N1CCc2[nH]nc(-c3cccc4ccccc34)c2C1.Cl. The van der Waals surface area contributed by atoms with E-state index in [2.05, 4.69) is 34.5 Å². The van der Waals surface area contributed by atoms with E-state index in [1.54, 1.807) is 6.92 Å². The molecule has 4 rings (SSSR count). The summed E-state index contributed by atoms with van der Waals surface area (Å²) in [5.74, 6) is -0.00859. The predicted octanol–water partition coefficient (Wildman–Crippen LogP) is 2.88. The summed E-state index contributed by atoms with van der Waals surface area (Å²) >= 11 is 0.